The topological polar surface area (TPSA) is 105 Å². The number of imide groups is 1. The Kier molecular flexibility index (Phi) is 4.28. The number of alkyl halides is 2. The van der Waals surface area contributed by atoms with Crippen LogP contribution in [-0.2, 0) is 19.1 Å². The summed E-state index contributed by atoms with van der Waals surface area (Å²) in [5.74, 6) is -2.12. The standard InChI is InChI=1S/C13H17Cl2N3O5/c1-4-12(3)8(20)18(10(22)16-12)17-7(19)5-23-9(21)11(2)6-13(11,14)15/h4-6H2,1-3H3,(H,16,22)(H,17,19)/t11-,12-/m1/s1. The van der Waals surface area contributed by atoms with Crippen molar-refractivity contribution >= 4 is 47.0 Å². The van der Waals surface area contributed by atoms with E-state index in [0.29, 0.717) is 11.4 Å². The fourth-order valence-corrected chi connectivity index (χ4v) is 2.78. The van der Waals surface area contributed by atoms with E-state index in [-0.39, 0.29) is 6.42 Å². The van der Waals surface area contributed by atoms with Crippen LogP contribution in [0.5, 0.6) is 0 Å². The first-order chi connectivity index (χ1) is 10.5. The van der Waals surface area contributed by atoms with E-state index in [0.717, 1.165) is 0 Å². The molecule has 0 spiro atoms. The summed E-state index contributed by atoms with van der Waals surface area (Å²) >= 11 is 11.7. The molecule has 1 saturated heterocycles. The second kappa shape index (κ2) is 5.52. The van der Waals surface area contributed by atoms with Crippen LogP contribution >= 0.6 is 23.2 Å². The zero-order valence-corrected chi connectivity index (χ0v) is 14.4. The van der Waals surface area contributed by atoms with Gasteiger partial charge in [-0.3, -0.25) is 19.8 Å². The smallest absolute Gasteiger partial charge is 0.344 e. The van der Waals surface area contributed by atoms with E-state index in [2.05, 4.69) is 10.7 Å². The number of hydrazine groups is 1. The van der Waals surface area contributed by atoms with Gasteiger partial charge in [0.05, 0.1) is 0 Å². The first-order valence-electron chi connectivity index (χ1n) is 6.98. The maximum atomic E-state index is 12.1. The van der Waals surface area contributed by atoms with E-state index in [4.69, 9.17) is 27.9 Å². The number of halogens is 2. The SMILES string of the molecule is CC[C@@]1(C)NC(=O)N(NC(=O)COC(=O)[C@@]2(C)CC2(Cl)Cl)C1=O. The van der Waals surface area contributed by atoms with Crippen LogP contribution in [0.25, 0.3) is 0 Å². The molecule has 1 heterocycles. The molecule has 1 aliphatic carbocycles. The number of esters is 1. The molecule has 8 nitrogen and oxygen atoms in total. The van der Waals surface area contributed by atoms with Crippen molar-refractivity contribution in [1.29, 1.82) is 0 Å². The van der Waals surface area contributed by atoms with Crippen molar-refractivity contribution in [2.24, 2.45) is 5.41 Å². The van der Waals surface area contributed by atoms with Crippen LogP contribution in [0.4, 0.5) is 4.79 Å². The second-order valence-corrected chi connectivity index (χ2v) is 7.56. The predicted molar refractivity (Wildman–Crippen MR) is 80.3 cm³/mol. The zero-order chi connectivity index (χ0) is 17.6. The van der Waals surface area contributed by atoms with Crippen molar-refractivity contribution in [3.63, 3.8) is 0 Å². The summed E-state index contributed by atoms with van der Waals surface area (Å²) in [4.78, 5) is 47.4. The lowest BCUT2D eigenvalue weighted by Crippen LogP contribution is -2.49. The van der Waals surface area contributed by atoms with E-state index in [1.807, 2.05) is 0 Å². The highest BCUT2D eigenvalue weighted by atomic mass is 35.5. The Balaban J connectivity index is 1.88. The Morgan fingerprint density at radius 1 is 1.35 bits per heavy atom. The average Bonchev–Trinajstić information content (AvgIpc) is 2.92. The molecule has 2 aliphatic rings. The zero-order valence-electron chi connectivity index (χ0n) is 12.9. The van der Waals surface area contributed by atoms with Crippen LogP contribution in [0.2, 0.25) is 0 Å². The molecule has 10 heteroatoms. The molecule has 0 aromatic rings. The van der Waals surface area contributed by atoms with Crippen LogP contribution in [-0.4, -0.2) is 45.3 Å². The minimum atomic E-state index is -1.20. The third-order valence-corrected chi connectivity index (χ3v) is 5.35. The summed E-state index contributed by atoms with van der Waals surface area (Å²) < 4.78 is 3.64. The lowest BCUT2D eigenvalue weighted by atomic mass is 10.00. The molecular weight excluding hydrogens is 349 g/mol. The molecule has 128 valence electrons. The Labute approximate surface area is 142 Å². The Hall–Kier alpha value is -1.54. The third-order valence-electron chi connectivity index (χ3n) is 4.25. The Morgan fingerprint density at radius 3 is 2.35 bits per heavy atom. The van der Waals surface area contributed by atoms with Gasteiger partial charge in [0.25, 0.3) is 11.8 Å². The molecule has 23 heavy (non-hydrogen) atoms. The molecule has 2 N–H and O–H groups in total. The molecule has 0 unspecified atom stereocenters. The van der Waals surface area contributed by atoms with Crippen molar-refractivity contribution in [1.82, 2.24) is 15.8 Å². The maximum Gasteiger partial charge on any atom is 0.344 e. The number of hydrogen-bond acceptors (Lipinski definition) is 5. The summed E-state index contributed by atoms with van der Waals surface area (Å²) in [7, 11) is 0. The highest BCUT2D eigenvalue weighted by Gasteiger charge is 2.69. The fraction of sp³-hybridized carbons (Fsp3) is 0.692. The second-order valence-electron chi connectivity index (χ2n) is 6.08. The quantitative estimate of drug-likeness (QED) is 0.427. The number of nitrogens with one attached hydrogen (secondary N) is 2. The monoisotopic (exact) mass is 365 g/mol. The first-order valence-corrected chi connectivity index (χ1v) is 7.74. The van der Waals surface area contributed by atoms with Crippen LogP contribution in [0.15, 0.2) is 0 Å². The summed E-state index contributed by atoms with van der Waals surface area (Å²) in [5, 5.41) is 3.05. The van der Waals surface area contributed by atoms with E-state index in [1.165, 1.54) is 6.92 Å². The lowest BCUT2D eigenvalue weighted by Gasteiger charge is -2.19. The largest absolute Gasteiger partial charge is 0.455 e. The van der Waals surface area contributed by atoms with Crippen LogP contribution in [0.3, 0.4) is 0 Å². The fourth-order valence-electron chi connectivity index (χ4n) is 2.09. The minimum Gasteiger partial charge on any atom is -0.455 e. The number of rotatable bonds is 5. The molecular formula is C13H17Cl2N3O5. The Morgan fingerprint density at radius 2 is 1.91 bits per heavy atom. The van der Waals surface area contributed by atoms with Gasteiger partial charge in [-0.05, 0) is 20.3 Å². The predicted octanol–water partition coefficient (Wildman–Crippen LogP) is 0.865. The lowest BCUT2D eigenvalue weighted by molar-refractivity contribution is -0.154. The van der Waals surface area contributed by atoms with Crippen LogP contribution in [0, 0.1) is 5.41 Å². The van der Waals surface area contributed by atoms with Crippen molar-refractivity contribution in [3.8, 4) is 0 Å². The van der Waals surface area contributed by atoms with Crippen molar-refractivity contribution in [2.45, 2.75) is 43.5 Å². The van der Waals surface area contributed by atoms with Gasteiger partial charge in [0, 0.05) is 6.42 Å². The van der Waals surface area contributed by atoms with Gasteiger partial charge in [0.1, 0.15) is 15.3 Å². The number of nitrogens with zero attached hydrogens (tertiary/aromatic N) is 1. The third kappa shape index (κ3) is 2.97. The van der Waals surface area contributed by atoms with E-state index in [9.17, 15) is 19.2 Å². The van der Waals surface area contributed by atoms with Gasteiger partial charge < -0.3 is 10.1 Å². The molecule has 2 atom stereocenters. The molecule has 0 aromatic heterocycles. The number of carbonyl (C=O) groups excluding carboxylic acids is 4. The molecule has 4 amide bonds. The molecule has 1 aliphatic heterocycles. The first kappa shape index (κ1) is 17.8. The van der Waals surface area contributed by atoms with E-state index < -0.39 is 45.7 Å². The molecule has 0 bridgehead atoms. The van der Waals surface area contributed by atoms with Crippen LogP contribution in [0.1, 0.15) is 33.6 Å². The van der Waals surface area contributed by atoms with Crippen LogP contribution < -0.4 is 10.7 Å². The molecule has 2 fully saturated rings. The molecule has 1 saturated carbocycles. The van der Waals surface area contributed by atoms with E-state index >= 15 is 0 Å². The summed E-state index contributed by atoms with van der Waals surface area (Å²) in [6, 6.07) is -0.742. The molecule has 0 radical (unpaired) electrons. The van der Waals surface area contributed by atoms with Crippen molar-refractivity contribution < 1.29 is 23.9 Å². The minimum absolute atomic E-state index is 0.228. The van der Waals surface area contributed by atoms with Gasteiger partial charge in [-0.15, -0.1) is 23.2 Å². The van der Waals surface area contributed by atoms with Gasteiger partial charge in [-0.2, -0.15) is 5.01 Å². The van der Waals surface area contributed by atoms with Crippen molar-refractivity contribution in [2.75, 3.05) is 6.61 Å². The normalized spacial score (nSPS) is 31.6. The molecule has 2 rings (SSSR count). The van der Waals surface area contributed by atoms with Crippen molar-refractivity contribution in [3.05, 3.63) is 0 Å². The van der Waals surface area contributed by atoms with Gasteiger partial charge in [0.2, 0.25) is 0 Å². The highest BCUT2D eigenvalue weighted by molar-refractivity contribution is 6.53. The number of urea groups is 1. The van der Waals surface area contributed by atoms with Gasteiger partial charge in [-0.25, -0.2) is 4.79 Å². The molecule has 0 aromatic carbocycles. The summed E-state index contributed by atoms with van der Waals surface area (Å²) in [6.45, 7) is 4.15. The number of hydrogen-bond donors (Lipinski definition) is 2. The number of ether oxygens (including phenoxy) is 1. The highest BCUT2D eigenvalue weighted by Crippen LogP contribution is 2.64. The van der Waals surface area contributed by atoms with Gasteiger partial charge in [-0.1, -0.05) is 6.92 Å². The maximum absolute atomic E-state index is 12.1. The number of carbonyl (C=O) groups is 4. The number of amides is 4. The Bertz CT molecular complexity index is 596. The van der Waals surface area contributed by atoms with Gasteiger partial charge >= 0.3 is 12.0 Å². The average molecular weight is 366 g/mol. The summed E-state index contributed by atoms with van der Waals surface area (Å²) in [6.07, 6.45) is 0.593. The van der Waals surface area contributed by atoms with Gasteiger partial charge in [0.15, 0.2) is 6.61 Å². The van der Waals surface area contributed by atoms with E-state index in [1.54, 1.807) is 13.8 Å². The summed E-state index contributed by atoms with van der Waals surface area (Å²) in [5.41, 5.74) is -0.0221.